The van der Waals surface area contributed by atoms with Crippen LogP contribution in [-0.4, -0.2) is 22.1 Å². The monoisotopic (exact) mass is 293 g/mol. The van der Waals surface area contributed by atoms with Crippen LogP contribution in [0, 0.1) is 0 Å². The molecule has 0 aliphatic rings. The molecule has 22 heavy (non-hydrogen) atoms. The fraction of sp³-hybridized carbons (Fsp3) is 0.118. The van der Waals surface area contributed by atoms with Crippen LogP contribution in [0.15, 0.2) is 61.2 Å². The number of methoxy groups -OCH3 is 1. The smallest absolute Gasteiger partial charge is 0.137 e. The van der Waals surface area contributed by atoms with E-state index >= 15 is 0 Å². The Balaban J connectivity index is 1.63. The highest BCUT2D eigenvalue weighted by Crippen LogP contribution is 2.20. The Morgan fingerprint density at radius 1 is 0.864 bits per heavy atom. The maximum absolute atomic E-state index is 5.72. The third kappa shape index (κ3) is 3.38. The van der Waals surface area contributed by atoms with Crippen LogP contribution in [-0.2, 0) is 6.61 Å². The van der Waals surface area contributed by atoms with Crippen molar-refractivity contribution in [3.05, 3.63) is 66.9 Å². The van der Waals surface area contributed by atoms with E-state index < -0.39 is 0 Å². The second kappa shape index (κ2) is 6.67. The normalized spacial score (nSPS) is 10.2. The molecule has 5 nitrogen and oxygen atoms in total. The molecule has 2 aromatic heterocycles. The van der Waals surface area contributed by atoms with Crippen LogP contribution >= 0.6 is 0 Å². The lowest BCUT2D eigenvalue weighted by atomic mass is 10.1. The molecule has 0 N–H and O–H groups in total. The minimum absolute atomic E-state index is 0.411. The molecule has 110 valence electrons. The van der Waals surface area contributed by atoms with E-state index in [1.54, 1.807) is 31.9 Å². The first-order chi connectivity index (χ1) is 10.8. The van der Waals surface area contributed by atoms with Crippen molar-refractivity contribution in [1.29, 1.82) is 0 Å². The highest BCUT2D eigenvalue weighted by atomic mass is 16.5. The van der Waals surface area contributed by atoms with Gasteiger partial charge in [-0.05, 0) is 36.4 Å². The molecule has 0 saturated heterocycles. The summed E-state index contributed by atoms with van der Waals surface area (Å²) in [7, 11) is 1.62. The lowest BCUT2D eigenvalue weighted by molar-refractivity contribution is 0.301. The van der Waals surface area contributed by atoms with E-state index in [9.17, 15) is 0 Å². The Bertz CT molecular complexity index is 713. The van der Waals surface area contributed by atoms with Gasteiger partial charge in [0.25, 0.3) is 0 Å². The van der Waals surface area contributed by atoms with E-state index in [4.69, 9.17) is 9.47 Å². The third-order valence-electron chi connectivity index (χ3n) is 3.13. The Morgan fingerprint density at radius 2 is 1.68 bits per heavy atom. The van der Waals surface area contributed by atoms with Gasteiger partial charge < -0.3 is 9.47 Å². The minimum Gasteiger partial charge on any atom is -0.495 e. The zero-order valence-electron chi connectivity index (χ0n) is 12.1. The van der Waals surface area contributed by atoms with E-state index in [0.717, 1.165) is 28.5 Å². The molecule has 0 bridgehead atoms. The molecule has 5 heteroatoms. The molecule has 0 aliphatic carbocycles. The van der Waals surface area contributed by atoms with Crippen LogP contribution in [0.25, 0.3) is 11.3 Å². The average Bonchev–Trinajstić information content (AvgIpc) is 2.61. The van der Waals surface area contributed by atoms with E-state index in [0.29, 0.717) is 6.61 Å². The van der Waals surface area contributed by atoms with Crippen molar-refractivity contribution in [2.45, 2.75) is 6.61 Å². The van der Waals surface area contributed by atoms with Crippen LogP contribution < -0.4 is 9.47 Å². The standard InChI is InChI=1S/C17H15N3O2/c1-21-16-7-4-14(20-10-16)12-22-15-5-2-13(3-6-15)17-11-18-8-9-19-17/h2-11H,12H2,1H3. The molecule has 0 spiro atoms. The molecule has 0 radical (unpaired) electrons. The van der Waals surface area contributed by atoms with Gasteiger partial charge in [-0.3, -0.25) is 15.0 Å². The zero-order chi connectivity index (χ0) is 15.2. The molecule has 0 aliphatic heterocycles. The molecule has 3 aromatic rings. The van der Waals surface area contributed by atoms with Crippen LogP contribution in [0.2, 0.25) is 0 Å². The summed E-state index contributed by atoms with van der Waals surface area (Å²) < 4.78 is 10.8. The number of ether oxygens (including phenoxy) is 2. The molecule has 0 unspecified atom stereocenters. The predicted octanol–water partition coefficient (Wildman–Crippen LogP) is 3.13. The largest absolute Gasteiger partial charge is 0.495 e. The summed E-state index contributed by atoms with van der Waals surface area (Å²) in [5.74, 6) is 1.52. The maximum Gasteiger partial charge on any atom is 0.137 e. The number of benzene rings is 1. The van der Waals surface area contributed by atoms with Gasteiger partial charge in [0.1, 0.15) is 18.1 Å². The van der Waals surface area contributed by atoms with Crippen molar-refractivity contribution in [3.63, 3.8) is 0 Å². The lowest BCUT2D eigenvalue weighted by Gasteiger charge is -2.07. The van der Waals surface area contributed by atoms with Gasteiger partial charge in [0.15, 0.2) is 0 Å². The van der Waals surface area contributed by atoms with Gasteiger partial charge in [-0.25, -0.2) is 0 Å². The summed E-state index contributed by atoms with van der Waals surface area (Å²) in [6.45, 7) is 0.411. The van der Waals surface area contributed by atoms with E-state index in [1.807, 2.05) is 36.4 Å². The maximum atomic E-state index is 5.72. The number of pyridine rings is 1. The average molecular weight is 293 g/mol. The van der Waals surface area contributed by atoms with Gasteiger partial charge in [-0.1, -0.05) is 0 Å². The zero-order valence-corrected chi connectivity index (χ0v) is 12.1. The Hall–Kier alpha value is -2.95. The molecular formula is C17H15N3O2. The Morgan fingerprint density at radius 3 is 2.32 bits per heavy atom. The summed E-state index contributed by atoms with van der Waals surface area (Å²) in [6, 6.07) is 11.5. The summed E-state index contributed by atoms with van der Waals surface area (Å²) in [5, 5.41) is 0. The van der Waals surface area contributed by atoms with E-state index in [2.05, 4.69) is 15.0 Å². The van der Waals surface area contributed by atoms with Gasteiger partial charge >= 0.3 is 0 Å². The quantitative estimate of drug-likeness (QED) is 0.723. The SMILES string of the molecule is COc1ccc(COc2ccc(-c3cnccn3)cc2)nc1. The number of rotatable bonds is 5. The highest BCUT2D eigenvalue weighted by molar-refractivity contribution is 5.58. The fourth-order valence-corrected chi connectivity index (χ4v) is 1.94. The first kappa shape index (κ1) is 14.0. The summed E-state index contributed by atoms with van der Waals surface area (Å²) in [6.07, 6.45) is 6.74. The molecule has 2 heterocycles. The van der Waals surface area contributed by atoms with Crippen LogP contribution in [0.4, 0.5) is 0 Å². The molecule has 0 amide bonds. The van der Waals surface area contributed by atoms with Crippen molar-refractivity contribution in [2.75, 3.05) is 7.11 Å². The van der Waals surface area contributed by atoms with Crippen molar-refractivity contribution in [1.82, 2.24) is 15.0 Å². The van der Waals surface area contributed by atoms with Crippen molar-refractivity contribution in [2.24, 2.45) is 0 Å². The van der Waals surface area contributed by atoms with Gasteiger partial charge in [0.2, 0.25) is 0 Å². The molecule has 1 aromatic carbocycles. The first-order valence-corrected chi connectivity index (χ1v) is 6.83. The topological polar surface area (TPSA) is 57.1 Å². The van der Waals surface area contributed by atoms with Crippen LogP contribution in [0.1, 0.15) is 5.69 Å². The van der Waals surface area contributed by atoms with Crippen LogP contribution in [0.3, 0.4) is 0 Å². The molecule has 0 fully saturated rings. The highest BCUT2D eigenvalue weighted by Gasteiger charge is 2.01. The van der Waals surface area contributed by atoms with E-state index in [-0.39, 0.29) is 0 Å². The van der Waals surface area contributed by atoms with Gasteiger partial charge in [0, 0.05) is 18.0 Å². The number of aromatic nitrogens is 3. The fourth-order valence-electron chi connectivity index (χ4n) is 1.94. The predicted molar refractivity (Wildman–Crippen MR) is 82.6 cm³/mol. The number of nitrogens with zero attached hydrogens (tertiary/aromatic N) is 3. The second-order valence-electron chi connectivity index (χ2n) is 4.59. The lowest BCUT2D eigenvalue weighted by Crippen LogP contribution is -1.98. The summed E-state index contributed by atoms with van der Waals surface area (Å²) in [4.78, 5) is 12.6. The van der Waals surface area contributed by atoms with Gasteiger partial charge in [0.05, 0.1) is 30.9 Å². The summed E-state index contributed by atoms with van der Waals surface area (Å²) >= 11 is 0. The van der Waals surface area contributed by atoms with Crippen LogP contribution in [0.5, 0.6) is 11.5 Å². The summed E-state index contributed by atoms with van der Waals surface area (Å²) in [5.41, 5.74) is 2.69. The third-order valence-corrected chi connectivity index (χ3v) is 3.13. The first-order valence-electron chi connectivity index (χ1n) is 6.83. The van der Waals surface area contributed by atoms with Gasteiger partial charge in [-0.15, -0.1) is 0 Å². The molecular weight excluding hydrogens is 278 g/mol. The van der Waals surface area contributed by atoms with Crippen molar-refractivity contribution < 1.29 is 9.47 Å². The minimum atomic E-state index is 0.411. The van der Waals surface area contributed by atoms with Crippen molar-refractivity contribution in [3.8, 4) is 22.8 Å². The van der Waals surface area contributed by atoms with Gasteiger partial charge in [-0.2, -0.15) is 0 Å². The Kier molecular flexibility index (Phi) is 4.25. The molecule has 3 rings (SSSR count). The molecule has 0 saturated carbocycles. The Labute approximate surface area is 128 Å². The number of hydrogen-bond donors (Lipinski definition) is 0. The molecule has 0 atom stereocenters. The van der Waals surface area contributed by atoms with Crippen molar-refractivity contribution >= 4 is 0 Å². The second-order valence-corrected chi connectivity index (χ2v) is 4.59. The van der Waals surface area contributed by atoms with E-state index in [1.165, 1.54) is 0 Å². The number of hydrogen-bond acceptors (Lipinski definition) is 5.